The summed E-state index contributed by atoms with van der Waals surface area (Å²) in [5, 5.41) is 6.53. The number of rotatable bonds is 9. The Bertz CT molecular complexity index is 423. The maximum Gasteiger partial charge on any atom is 0.190 e. The molecule has 2 N–H and O–H groups in total. The van der Waals surface area contributed by atoms with Gasteiger partial charge in [-0.3, -0.25) is 4.99 Å². The zero-order valence-electron chi connectivity index (χ0n) is 13.1. The van der Waals surface area contributed by atoms with E-state index in [1.54, 1.807) is 7.05 Å². The minimum Gasteiger partial charge on any atom is -0.356 e. The number of aliphatic imine (C=N–C) groups is 1. The van der Waals surface area contributed by atoms with Crippen molar-refractivity contribution in [3.63, 3.8) is 0 Å². The highest BCUT2D eigenvalue weighted by atomic mass is 127. The van der Waals surface area contributed by atoms with E-state index in [4.69, 9.17) is 0 Å². The van der Waals surface area contributed by atoms with Crippen molar-refractivity contribution in [3.05, 3.63) is 0 Å². The quantitative estimate of drug-likeness (QED) is 0.243. The minimum atomic E-state index is -2.90. The molecule has 0 spiro atoms. The zero-order chi connectivity index (χ0) is 15.1. The van der Waals surface area contributed by atoms with Crippen molar-refractivity contribution in [2.75, 3.05) is 44.2 Å². The first-order chi connectivity index (χ1) is 9.41. The van der Waals surface area contributed by atoms with E-state index in [-0.39, 0.29) is 35.1 Å². The number of halogens is 1. The smallest absolute Gasteiger partial charge is 0.190 e. The molecule has 0 aliphatic heterocycles. The Balaban J connectivity index is 0.00000400. The van der Waals surface area contributed by atoms with E-state index in [1.165, 1.54) is 18.4 Å². The van der Waals surface area contributed by atoms with Gasteiger partial charge in [0.15, 0.2) is 5.96 Å². The molecule has 126 valence electrons. The summed E-state index contributed by atoms with van der Waals surface area (Å²) < 4.78 is 22.8. The van der Waals surface area contributed by atoms with Crippen LogP contribution in [0.1, 0.15) is 25.7 Å². The number of thioether (sulfide) groups is 1. The number of unbranched alkanes of at least 4 members (excludes halogenated alkanes) is 1. The van der Waals surface area contributed by atoms with Crippen molar-refractivity contribution >= 4 is 51.5 Å². The molecule has 0 radical (unpaired) electrons. The summed E-state index contributed by atoms with van der Waals surface area (Å²) in [6, 6.07) is 0. The third-order valence-electron chi connectivity index (χ3n) is 3.45. The average molecular weight is 449 g/mol. The van der Waals surface area contributed by atoms with E-state index in [1.807, 2.05) is 11.8 Å². The Hall–Kier alpha value is 0.300. The van der Waals surface area contributed by atoms with Crippen molar-refractivity contribution in [1.82, 2.24) is 10.6 Å². The van der Waals surface area contributed by atoms with Gasteiger partial charge in [0.2, 0.25) is 0 Å². The highest BCUT2D eigenvalue weighted by Crippen LogP contribution is 2.45. The van der Waals surface area contributed by atoms with E-state index in [0.29, 0.717) is 6.54 Å². The van der Waals surface area contributed by atoms with E-state index in [2.05, 4.69) is 21.9 Å². The molecule has 0 aromatic rings. The van der Waals surface area contributed by atoms with Gasteiger partial charge >= 0.3 is 0 Å². The van der Waals surface area contributed by atoms with Crippen LogP contribution in [0.15, 0.2) is 4.99 Å². The molecule has 0 heterocycles. The largest absolute Gasteiger partial charge is 0.356 e. The lowest BCUT2D eigenvalue weighted by molar-refractivity contribution is 0.529. The molecule has 0 aromatic heterocycles. The molecule has 0 amide bonds. The fraction of sp³-hybridized carbons (Fsp3) is 0.923. The van der Waals surface area contributed by atoms with Crippen LogP contribution >= 0.6 is 35.7 Å². The van der Waals surface area contributed by atoms with Gasteiger partial charge in [-0.05, 0) is 37.7 Å². The fourth-order valence-electron chi connectivity index (χ4n) is 2.18. The zero-order valence-corrected chi connectivity index (χ0v) is 17.1. The van der Waals surface area contributed by atoms with Crippen molar-refractivity contribution in [1.29, 1.82) is 0 Å². The van der Waals surface area contributed by atoms with E-state index >= 15 is 0 Å². The molecule has 1 aliphatic rings. The molecule has 21 heavy (non-hydrogen) atoms. The predicted octanol–water partition coefficient (Wildman–Crippen LogP) is 1.74. The molecule has 0 saturated heterocycles. The summed E-state index contributed by atoms with van der Waals surface area (Å²) >= 11 is 1.86. The van der Waals surface area contributed by atoms with Crippen LogP contribution in [0.4, 0.5) is 0 Å². The Morgan fingerprint density at radius 2 is 1.95 bits per heavy atom. The molecular formula is C13H28IN3O2S2. The van der Waals surface area contributed by atoms with E-state index in [9.17, 15) is 8.42 Å². The lowest BCUT2D eigenvalue weighted by Gasteiger charge is -2.17. The predicted molar refractivity (Wildman–Crippen MR) is 104 cm³/mol. The second kappa shape index (κ2) is 10.1. The van der Waals surface area contributed by atoms with Crippen LogP contribution in [-0.4, -0.2) is 58.5 Å². The first-order valence-corrected chi connectivity index (χ1v) is 10.5. The molecule has 0 atom stereocenters. The fourth-order valence-corrected chi connectivity index (χ4v) is 4.17. The minimum absolute atomic E-state index is 0. The summed E-state index contributed by atoms with van der Waals surface area (Å²) in [6.45, 7) is 1.59. The molecule has 0 aromatic carbocycles. The van der Waals surface area contributed by atoms with Gasteiger partial charge in [0.05, 0.1) is 5.75 Å². The molecular weight excluding hydrogens is 421 g/mol. The number of hydrogen-bond acceptors (Lipinski definition) is 4. The standard InChI is InChI=1S/C13H27N3O2S2.HI/c1-14-12(15-8-4-5-9-19-2)16-10-13(6-7-13)11-20(3,17)18;/h4-11H2,1-3H3,(H2,14,15,16);1H. The highest BCUT2D eigenvalue weighted by Gasteiger charge is 2.45. The van der Waals surface area contributed by atoms with Crippen LogP contribution in [-0.2, 0) is 9.84 Å². The first-order valence-electron chi connectivity index (χ1n) is 7.02. The third kappa shape index (κ3) is 9.83. The topological polar surface area (TPSA) is 70.6 Å². The average Bonchev–Trinajstić information content (AvgIpc) is 3.10. The van der Waals surface area contributed by atoms with E-state index < -0.39 is 9.84 Å². The summed E-state index contributed by atoms with van der Waals surface area (Å²) in [7, 11) is -1.16. The molecule has 5 nitrogen and oxygen atoms in total. The molecule has 1 aliphatic carbocycles. The maximum absolute atomic E-state index is 11.4. The second-order valence-electron chi connectivity index (χ2n) is 5.62. The Kier molecular flexibility index (Phi) is 10.3. The van der Waals surface area contributed by atoms with Crippen molar-refractivity contribution in [3.8, 4) is 0 Å². The van der Waals surface area contributed by atoms with Gasteiger partial charge in [-0.2, -0.15) is 11.8 Å². The van der Waals surface area contributed by atoms with Crippen LogP contribution < -0.4 is 10.6 Å². The SMILES string of the molecule is CN=C(NCCCCSC)NCC1(CS(C)(=O)=O)CC1.I. The van der Waals surface area contributed by atoms with E-state index in [0.717, 1.165) is 31.8 Å². The van der Waals surface area contributed by atoms with Gasteiger partial charge in [-0.25, -0.2) is 8.42 Å². The molecule has 0 bridgehead atoms. The summed E-state index contributed by atoms with van der Waals surface area (Å²) in [4.78, 5) is 4.17. The number of nitrogens with zero attached hydrogens (tertiary/aromatic N) is 1. The van der Waals surface area contributed by atoms with Crippen molar-refractivity contribution in [2.24, 2.45) is 10.4 Å². The number of nitrogens with one attached hydrogen (secondary N) is 2. The summed E-state index contributed by atoms with van der Waals surface area (Å²) in [5.74, 6) is 2.23. The molecule has 0 unspecified atom stereocenters. The number of hydrogen-bond donors (Lipinski definition) is 2. The molecule has 1 fully saturated rings. The Labute approximate surface area is 150 Å². The first kappa shape index (κ1) is 21.3. The van der Waals surface area contributed by atoms with Crippen LogP contribution in [0.5, 0.6) is 0 Å². The van der Waals surface area contributed by atoms with Crippen LogP contribution in [0, 0.1) is 5.41 Å². The van der Waals surface area contributed by atoms with Crippen LogP contribution in [0.2, 0.25) is 0 Å². The molecule has 1 saturated carbocycles. The normalized spacial score (nSPS) is 17.0. The van der Waals surface area contributed by atoms with Gasteiger partial charge in [0.1, 0.15) is 9.84 Å². The van der Waals surface area contributed by atoms with Gasteiger partial charge < -0.3 is 10.6 Å². The summed E-state index contributed by atoms with van der Waals surface area (Å²) in [6.07, 6.45) is 7.71. The van der Waals surface area contributed by atoms with Gasteiger partial charge in [-0.1, -0.05) is 0 Å². The third-order valence-corrected chi connectivity index (χ3v) is 5.28. The van der Waals surface area contributed by atoms with Crippen molar-refractivity contribution in [2.45, 2.75) is 25.7 Å². The Morgan fingerprint density at radius 1 is 1.29 bits per heavy atom. The number of guanidine groups is 1. The van der Waals surface area contributed by atoms with Crippen molar-refractivity contribution < 1.29 is 8.42 Å². The monoisotopic (exact) mass is 449 g/mol. The number of sulfone groups is 1. The molecule has 1 rings (SSSR count). The maximum atomic E-state index is 11.4. The molecule has 8 heteroatoms. The Morgan fingerprint density at radius 3 is 2.43 bits per heavy atom. The summed E-state index contributed by atoms with van der Waals surface area (Å²) in [5.41, 5.74) is -0.0654. The van der Waals surface area contributed by atoms with Gasteiger partial charge in [0.25, 0.3) is 0 Å². The van der Waals surface area contributed by atoms with Gasteiger partial charge in [0, 0.05) is 31.8 Å². The second-order valence-corrected chi connectivity index (χ2v) is 8.75. The van der Waals surface area contributed by atoms with Crippen LogP contribution in [0.25, 0.3) is 0 Å². The van der Waals surface area contributed by atoms with Crippen LogP contribution in [0.3, 0.4) is 0 Å². The lowest BCUT2D eigenvalue weighted by atomic mass is 10.1. The van der Waals surface area contributed by atoms with Gasteiger partial charge in [-0.15, -0.1) is 24.0 Å². The lowest BCUT2D eigenvalue weighted by Crippen LogP contribution is -2.41. The highest BCUT2D eigenvalue weighted by molar-refractivity contribution is 14.0.